The van der Waals surface area contributed by atoms with Gasteiger partial charge in [-0.3, -0.25) is 4.68 Å². The van der Waals surface area contributed by atoms with Gasteiger partial charge in [-0.15, -0.1) is 5.10 Å². The van der Waals surface area contributed by atoms with Crippen LogP contribution in [-0.2, 0) is 18.4 Å². The van der Waals surface area contributed by atoms with Gasteiger partial charge in [0.2, 0.25) is 5.88 Å². The van der Waals surface area contributed by atoms with Crippen molar-refractivity contribution in [2.45, 2.75) is 33.0 Å². The Labute approximate surface area is 84.8 Å². The van der Waals surface area contributed by atoms with Crippen molar-refractivity contribution in [2.75, 3.05) is 7.11 Å². The fourth-order valence-corrected chi connectivity index (χ4v) is 1.08. The van der Waals surface area contributed by atoms with Crippen molar-refractivity contribution < 1.29 is 9.47 Å². The molecule has 0 unspecified atom stereocenters. The fraction of sp³-hybridized carbons (Fsp3) is 0.700. The van der Waals surface area contributed by atoms with Crippen molar-refractivity contribution in [3.63, 3.8) is 0 Å². The number of hydrogen-bond donors (Lipinski definition) is 0. The molecule has 0 fully saturated rings. The summed E-state index contributed by atoms with van der Waals surface area (Å²) in [6.45, 7) is 6.60. The molecule has 0 aliphatic heterocycles. The van der Waals surface area contributed by atoms with Crippen molar-refractivity contribution in [1.82, 2.24) is 9.78 Å². The van der Waals surface area contributed by atoms with Crippen LogP contribution >= 0.6 is 0 Å². The fourth-order valence-electron chi connectivity index (χ4n) is 1.08. The summed E-state index contributed by atoms with van der Waals surface area (Å²) in [5, 5.41) is 4.14. The zero-order valence-electron chi connectivity index (χ0n) is 9.50. The molecule has 1 aromatic rings. The number of ether oxygens (including phenoxy) is 2. The van der Waals surface area contributed by atoms with Gasteiger partial charge in [0, 0.05) is 13.2 Å². The van der Waals surface area contributed by atoms with E-state index in [1.807, 2.05) is 34.0 Å². The van der Waals surface area contributed by atoms with E-state index in [1.54, 1.807) is 11.8 Å². The molecule has 0 saturated heterocycles. The molecule has 0 aliphatic carbocycles. The highest BCUT2D eigenvalue weighted by molar-refractivity contribution is 5.22. The van der Waals surface area contributed by atoms with Crippen LogP contribution < -0.4 is 4.74 Å². The monoisotopic (exact) mass is 198 g/mol. The molecule has 0 amide bonds. The van der Waals surface area contributed by atoms with E-state index in [0.717, 1.165) is 5.56 Å². The van der Waals surface area contributed by atoms with Gasteiger partial charge >= 0.3 is 0 Å². The van der Waals surface area contributed by atoms with Gasteiger partial charge in [0.05, 0.1) is 24.9 Å². The molecule has 0 saturated carbocycles. The molecule has 0 bridgehead atoms. The maximum absolute atomic E-state index is 5.64. The van der Waals surface area contributed by atoms with Gasteiger partial charge in [-0.1, -0.05) is 0 Å². The summed E-state index contributed by atoms with van der Waals surface area (Å²) in [7, 11) is 3.48. The summed E-state index contributed by atoms with van der Waals surface area (Å²) in [5.74, 6) is 0.636. The Morgan fingerprint density at radius 3 is 2.57 bits per heavy atom. The van der Waals surface area contributed by atoms with E-state index >= 15 is 0 Å². The van der Waals surface area contributed by atoms with Gasteiger partial charge in [0.15, 0.2) is 0 Å². The van der Waals surface area contributed by atoms with Gasteiger partial charge in [0.1, 0.15) is 0 Å². The summed E-state index contributed by atoms with van der Waals surface area (Å²) >= 11 is 0. The van der Waals surface area contributed by atoms with Crippen LogP contribution in [0.15, 0.2) is 6.20 Å². The predicted octanol–water partition coefficient (Wildman–Crippen LogP) is 1.74. The van der Waals surface area contributed by atoms with Gasteiger partial charge in [-0.2, -0.15) is 0 Å². The number of aryl methyl sites for hydroxylation is 1. The zero-order valence-corrected chi connectivity index (χ0v) is 9.50. The first kappa shape index (κ1) is 11.0. The molecule has 1 rings (SSSR count). The van der Waals surface area contributed by atoms with Crippen molar-refractivity contribution in [3.05, 3.63) is 11.8 Å². The molecule has 4 heteroatoms. The largest absolute Gasteiger partial charge is 0.480 e. The molecule has 0 aliphatic rings. The van der Waals surface area contributed by atoms with Crippen molar-refractivity contribution in [1.29, 1.82) is 0 Å². The van der Waals surface area contributed by atoms with Crippen LogP contribution in [0.3, 0.4) is 0 Å². The molecule has 80 valence electrons. The second kappa shape index (κ2) is 4.00. The minimum Gasteiger partial charge on any atom is -0.480 e. The summed E-state index contributed by atoms with van der Waals surface area (Å²) in [6.07, 6.45) is 1.91. The maximum Gasteiger partial charge on any atom is 0.238 e. The molecule has 0 spiro atoms. The molecular formula is C10H18N2O2. The Balaban J connectivity index is 2.66. The van der Waals surface area contributed by atoms with Gasteiger partial charge in [-0.05, 0) is 20.8 Å². The van der Waals surface area contributed by atoms with E-state index in [-0.39, 0.29) is 5.60 Å². The lowest BCUT2D eigenvalue weighted by molar-refractivity contribution is -0.0156. The topological polar surface area (TPSA) is 36.3 Å². The summed E-state index contributed by atoms with van der Waals surface area (Å²) < 4.78 is 12.5. The van der Waals surface area contributed by atoms with E-state index < -0.39 is 0 Å². The smallest absolute Gasteiger partial charge is 0.238 e. The normalized spacial score (nSPS) is 11.8. The second-order valence-corrected chi connectivity index (χ2v) is 4.24. The number of aromatic nitrogens is 2. The molecule has 1 aromatic heterocycles. The zero-order chi connectivity index (χ0) is 10.8. The Kier molecular flexibility index (Phi) is 3.16. The van der Waals surface area contributed by atoms with Crippen molar-refractivity contribution >= 4 is 0 Å². The van der Waals surface area contributed by atoms with Gasteiger partial charge < -0.3 is 9.47 Å². The molecule has 0 N–H and O–H groups in total. The number of rotatable bonds is 3. The van der Waals surface area contributed by atoms with Gasteiger partial charge in [0.25, 0.3) is 0 Å². The van der Waals surface area contributed by atoms with Crippen molar-refractivity contribution in [2.24, 2.45) is 7.05 Å². The first-order valence-corrected chi connectivity index (χ1v) is 4.63. The summed E-state index contributed by atoms with van der Waals surface area (Å²) in [6, 6.07) is 0. The van der Waals surface area contributed by atoms with Crippen LogP contribution in [0.4, 0.5) is 0 Å². The molecule has 14 heavy (non-hydrogen) atoms. The van der Waals surface area contributed by atoms with Crippen LogP contribution in [0.2, 0.25) is 0 Å². The lowest BCUT2D eigenvalue weighted by Gasteiger charge is -2.18. The third-order valence-corrected chi connectivity index (χ3v) is 1.72. The highest BCUT2D eigenvalue weighted by atomic mass is 16.5. The lowest BCUT2D eigenvalue weighted by Crippen LogP contribution is -2.18. The Morgan fingerprint density at radius 1 is 1.43 bits per heavy atom. The number of methoxy groups -OCH3 is 1. The van der Waals surface area contributed by atoms with Crippen LogP contribution in [0, 0.1) is 0 Å². The SMILES string of the molecule is COc1nn(C)cc1COC(C)(C)C. The Bertz CT molecular complexity index is 300. The average Bonchev–Trinajstić information content (AvgIpc) is 2.41. The summed E-state index contributed by atoms with van der Waals surface area (Å²) in [4.78, 5) is 0. The molecule has 1 heterocycles. The Morgan fingerprint density at radius 2 is 2.07 bits per heavy atom. The van der Waals surface area contributed by atoms with E-state index in [2.05, 4.69) is 5.10 Å². The predicted molar refractivity (Wildman–Crippen MR) is 54.3 cm³/mol. The first-order chi connectivity index (χ1) is 6.42. The highest BCUT2D eigenvalue weighted by Gasteiger charge is 2.14. The van der Waals surface area contributed by atoms with E-state index in [9.17, 15) is 0 Å². The number of hydrogen-bond acceptors (Lipinski definition) is 3. The minimum atomic E-state index is -0.138. The standard InChI is InChI=1S/C10H18N2O2/c1-10(2,3)14-7-8-6-12(4)11-9(8)13-5/h6H,7H2,1-5H3. The minimum absolute atomic E-state index is 0.138. The molecular weight excluding hydrogens is 180 g/mol. The molecule has 0 atom stereocenters. The average molecular weight is 198 g/mol. The maximum atomic E-state index is 5.64. The van der Waals surface area contributed by atoms with Crippen molar-refractivity contribution in [3.8, 4) is 5.88 Å². The van der Waals surface area contributed by atoms with Crippen LogP contribution in [0.5, 0.6) is 5.88 Å². The van der Waals surface area contributed by atoms with Crippen LogP contribution in [-0.4, -0.2) is 22.5 Å². The lowest BCUT2D eigenvalue weighted by atomic mass is 10.2. The highest BCUT2D eigenvalue weighted by Crippen LogP contribution is 2.18. The summed E-state index contributed by atoms with van der Waals surface area (Å²) in [5.41, 5.74) is 0.839. The van der Waals surface area contributed by atoms with E-state index in [0.29, 0.717) is 12.5 Å². The molecule has 0 radical (unpaired) electrons. The quantitative estimate of drug-likeness (QED) is 0.742. The van der Waals surface area contributed by atoms with Gasteiger partial charge in [-0.25, -0.2) is 0 Å². The Hall–Kier alpha value is -1.03. The van der Waals surface area contributed by atoms with Crippen LogP contribution in [0.25, 0.3) is 0 Å². The van der Waals surface area contributed by atoms with Crippen LogP contribution in [0.1, 0.15) is 26.3 Å². The van der Waals surface area contributed by atoms with E-state index in [4.69, 9.17) is 9.47 Å². The molecule has 0 aromatic carbocycles. The van der Waals surface area contributed by atoms with E-state index in [1.165, 1.54) is 0 Å². The first-order valence-electron chi connectivity index (χ1n) is 4.63. The third-order valence-electron chi connectivity index (χ3n) is 1.72. The third kappa shape index (κ3) is 3.03. The molecule has 4 nitrogen and oxygen atoms in total. The number of nitrogens with zero attached hydrogens (tertiary/aromatic N) is 2. The second-order valence-electron chi connectivity index (χ2n) is 4.24.